The van der Waals surface area contributed by atoms with E-state index in [0.717, 1.165) is 19.3 Å². The topological polar surface area (TPSA) is 111 Å². The zero-order valence-corrected chi connectivity index (χ0v) is 12.4. The second-order valence-corrected chi connectivity index (χ2v) is 6.26. The molecular formula is C13H19N3O4S. The van der Waals surface area contributed by atoms with E-state index in [2.05, 4.69) is 10.0 Å². The molecule has 0 saturated carbocycles. The van der Waals surface area contributed by atoms with Gasteiger partial charge < -0.3 is 10.1 Å². The number of benzene rings is 1. The third-order valence-corrected chi connectivity index (χ3v) is 3.61. The number of anilines is 2. The molecule has 1 fully saturated rings. The van der Waals surface area contributed by atoms with Gasteiger partial charge >= 0.3 is 0 Å². The fraction of sp³-hybridized carbons (Fsp3) is 0.462. The van der Waals surface area contributed by atoms with E-state index in [0.29, 0.717) is 24.4 Å². The largest absolute Gasteiger partial charge is 0.378 e. The van der Waals surface area contributed by atoms with E-state index < -0.39 is 10.2 Å². The summed E-state index contributed by atoms with van der Waals surface area (Å²) in [5.41, 5.74) is 0.800. The van der Waals surface area contributed by atoms with Crippen molar-refractivity contribution in [2.24, 2.45) is 5.14 Å². The van der Waals surface area contributed by atoms with Gasteiger partial charge in [0.15, 0.2) is 0 Å². The maximum atomic E-state index is 11.9. The SMILES string of the molecule is NS(=O)(=O)Nc1cccc(NC(=O)CC2CCCCO2)c1. The van der Waals surface area contributed by atoms with E-state index in [1.807, 2.05) is 0 Å². The highest BCUT2D eigenvalue weighted by molar-refractivity contribution is 7.90. The Morgan fingerprint density at radius 1 is 1.33 bits per heavy atom. The summed E-state index contributed by atoms with van der Waals surface area (Å²) in [6.45, 7) is 0.700. The minimum Gasteiger partial charge on any atom is -0.378 e. The Balaban J connectivity index is 1.92. The molecule has 1 amide bonds. The van der Waals surface area contributed by atoms with Gasteiger partial charge in [0.1, 0.15) is 0 Å². The lowest BCUT2D eigenvalue weighted by molar-refractivity contribution is -0.119. The summed E-state index contributed by atoms with van der Waals surface area (Å²) in [6.07, 6.45) is 3.27. The molecule has 1 aromatic carbocycles. The van der Waals surface area contributed by atoms with Crippen LogP contribution in [0.1, 0.15) is 25.7 Å². The van der Waals surface area contributed by atoms with Gasteiger partial charge in [-0.2, -0.15) is 8.42 Å². The predicted octanol–water partition coefficient (Wildman–Crippen LogP) is 1.20. The van der Waals surface area contributed by atoms with Crippen LogP contribution in [0.4, 0.5) is 11.4 Å². The molecule has 7 nitrogen and oxygen atoms in total. The first-order valence-corrected chi connectivity index (χ1v) is 8.29. The lowest BCUT2D eigenvalue weighted by atomic mass is 10.1. The average molecular weight is 313 g/mol. The van der Waals surface area contributed by atoms with E-state index in [4.69, 9.17) is 9.88 Å². The van der Waals surface area contributed by atoms with Crippen LogP contribution in [0.5, 0.6) is 0 Å². The molecule has 1 aliphatic rings. The number of carbonyl (C=O) groups is 1. The van der Waals surface area contributed by atoms with Crippen molar-refractivity contribution >= 4 is 27.5 Å². The van der Waals surface area contributed by atoms with Crippen molar-refractivity contribution in [1.29, 1.82) is 0 Å². The van der Waals surface area contributed by atoms with E-state index in [9.17, 15) is 13.2 Å². The zero-order valence-electron chi connectivity index (χ0n) is 11.5. The fourth-order valence-electron chi connectivity index (χ4n) is 2.21. The average Bonchev–Trinajstić information content (AvgIpc) is 2.38. The smallest absolute Gasteiger partial charge is 0.296 e. The molecule has 0 aromatic heterocycles. The molecule has 1 atom stereocenters. The Bertz CT molecular complexity index is 597. The molecule has 1 heterocycles. The van der Waals surface area contributed by atoms with Crippen molar-refractivity contribution in [1.82, 2.24) is 0 Å². The lowest BCUT2D eigenvalue weighted by Gasteiger charge is -2.22. The molecule has 116 valence electrons. The molecule has 0 aliphatic carbocycles. The quantitative estimate of drug-likeness (QED) is 0.758. The van der Waals surface area contributed by atoms with Crippen molar-refractivity contribution < 1.29 is 17.9 Å². The highest BCUT2D eigenvalue weighted by Gasteiger charge is 2.17. The van der Waals surface area contributed by atoms with Crippen molar-refractivity contribution in [3.05, 3.63) is 24.3 Å². The molecule has 2 rings (SSSR count). The molecule has 0 bridgehead atoms. The Morgan fingerprint density at radius 2 is 2.10 bits per heavy atom. The zero-order chi connectivity index (χ0) is 15.3. The maximum Gasteiger partial charge on any atom is 0.296 e. The minimum atomic E-state index is -3.83. The van der Waals surface area contributed by atoms with Gasteiger partial charge in [-0.15, -0.1) is 0 Å². The molecule has 0 radical (unpaired) electrons. The molecule has 1 saturated heterocycles. The van der Waals surface area contributed by atoms with Crippen LogP contribution in [0.15, 0.2) is 24.3 Å². The maximum absolute atomic E-state index is 11.9. The summed E-state index contributed by atoms with van der Waals surface area (Å²) in [5, 5.41) is 7.62. The van der Waals surface area contributed by atoms with E-state index in [1.165, 1.54) is 6.07 Å². The minimum absolute atomic E-state index is 0.0375. The molecule has 1 unspecified atom stereocenters. The van der Waals surface area contributed by atoms with Crippen molar-refractivity contribution in [2.45, 2.75) is 31.8 Å². The number of ether oxygens (including phenoxy) is 1. The van der Waals surface area contributed by atoms with Crippen LogP contribution >= 0.6 is 0 Å². The second kappa shape index (κ2) is 6.88. The number of nitrogens with two attached hydrogens (primary N) is 1. The Kier molecular flexibility index (Phi) is 5.16. The lowest BCUT2D eigenvalue weighted by Crippen LogP contribution is -2.25. The Labute approximate surface area is 124 Å². The van der Waals surface area contributed by atoms with Crippen LogP contribution in [-0.4, -0.2) is 27.0 Å². The Morgan fingerprint density at radius 3 is 2.76 bits per heavy atom. The van der Waals surface area contributed by atoms with Crippen LogP contribution in [0.2, 0.25) is 0 Å². The van der Waals surface area contributed by atoms with Crippen LogP contribution in [-0.2, 0) is 19.7 Å². The van der Waals surface area contributed by atoms with Gasteiger partial charge in [-0.1, -0.05) is 6.07 Å². The van der Waals surface area contributed by atoms with Crippen molar-refractivity contribution in [3.8, 4) is 0 Å². The van der Waals surface area contributed by atoms with Gasteiger partial charge in [-0.05, 0) is 37.5 Å². The number of rotatable bonds is 5. The van der Waals surface area contributed by atoms with Crippen molar-refractivity contribution in [2.75, 3.05) is 16.6 Å². The summed E-state index contributed by atoms with van der Waals surface area (Å²) >= 11 is 0. The van der Waals surface area contributed by atoms with E-state index in [-0.39, 0.29) is 12.0 Å². The predicted molar refractivity (Wildman–Crippen MR) is 80.0 cm³/mol. The number of hydrogen-bond donors (Lipinski definition) is 3. The third-order valence-electron chi connectivity index (χ3n) is 3.09. The molecule has 1 aromatic rings. The van der Waals surface area contributed by atoms with Gasteiger partial charge in [-0.25, -0.2) is 5.14 Å². The van der Waals surface area contributed by atoms with Gasteiger partial charge in [0.2, 0.25) is 5.91 Å². The second-order valence-electron chi connectivity index (χ2n) is 4.97. The van der Waals surface area contributed by atoms with Crippen LogP contribution in [0.3, 0.4) is 0 Å². The highest BCUT2D eigenvalue weighted by Crippen LogP contribution is 2.18. The van der Waals surface area contributed by atoms with Gasteiger partial charge in [-0.3, -0.25) is 9.52 Å². The van der Waals surface area contributed by atoms with Crippen LogP contribution in [0.25, 0.3) is 0 Å². The van der Waals surface area contributed by atoms with Gasteiger partial charge in [0, 0.05) is 12.3 Å². The van der Waals surface area contributed by atoms with Gasteiger partial charge in [0.05, 0.1) is 18.2 Å². The first kappa shape index (κ1) is 15.7. The van der Waals surface area contributed by atoms with Crippen LogP contribution < -0.4 is 15.2 Å². The summed E-state index contributed by atoms with van der Waals surface area (Å²) in [5.74, 6) is -0.158. The van der Waals surface area contributed by atoms with E-state index >= 15 is 0 Å². The van der Waals surface area contributed by atoms with Gasteiger partial charge in [0.25, 0.3) is 10.2 Å². The van der Waals surface area contributed by atoms with Crippen LogP contribution in [0, 0.1) is 0 Å². The number of nitrogens with one attached hydrogen (secondary N) is 2. The molecule has 21 heavy (non-hydrogen) atoms. The monoisotopic (exact) mass is 313 g/mol. The normalized spacial score (nSPS) is 19.0. The molecular weight excluding hydrogens is 294 g/mol. The summed E-state index contributed by atoms with van der Waals surface area (Å²) < 4.78 is 29.6. The molecule has 0 spiro atoms. The highest BCUT2D eigenvalue weighted by atomic mass is 32.2. The summed E-state index contributed by atoms with van der Waals surface area (Å²) in [4.78, 5) is 11.9. The number of hydrogen-bond acceptors (Lipinski definition) is 4. The standard InChI is InChI=1S/C13H19N3O4S/c14-21(18,19)16-11-5-3-4-10(8-11)15-13(17)9-12-6-1-2-7-20-12/h3-5,8,12,16H,1-2,6-7,9H2,(H,15,17)(H2,14,18,19). The first-order valence-electron chi connectivity index (χ1n) is 6.74. The summed E-state index contributed by atoms with van der Waals surface area (Å²) in [6, 6.07) is 6.35. The molecule has 4 N–H and O–H groups in total. The number of amides is 1. The summed E-state index contributed by atoms with van der Waals surface area (Å²) in [7, 11) is -3.83. The number of carbonyl (C=O) groups excluding carboxylic acids is 1. The van der Waals surface area contributed by atoms with E-state index in [1.54, 1.807) is 18.2 Å². The molecule has 1 aliphatic heterocycles. The van der Waals surface area contributed by atoms with Crippen molar-refractivity contribution in [3.63, 3.8) is 0 Å². The Hall–Kier alpha value is -1.64. The first-order chi connectivity index (χ1) is 9.92. The third kappa shape index (κ3) is 5.70. The molecule has 8 heteroatoms. The fourth-order valence-corrected chi connectivity index (χ4v) is 2.67.